The summed E-state index contributed by atoms with van der Waals surface area (Å²) in [5.41, 5.74) is 10.7. The number of hydrogen-bond acceptors (Lipinski definition) is 5. The van der Waals surface area contributed by atoms with E-state index in [0.29, 0.717) is 11.5 Å². The molecule has 0 saturated heterocycles. The van der Waals surface area contributed by atoms with E-state index in [1.165, 1.54) is 0 Å². The molecule has 0 unspecified atom stereocenters. The average molecular weight is 541 g/mol. The molecular formula is C37H24N4O. The molecule has 2 heterocycles. The number of nitrogens with zero attached hydrogens (tertiary/aromatic N) is 4. The smallest absolute Gasteiger partial charge is 0.227 e. The van der Waals surface area contributed by atoms with Crippen LogP contribution in [0.3, 0.4) is 0 Å². The average Bonchev–Trinajstić information content (AvgIpc) is 3.51. The molecule has 42 heavy (non-hydrogen) atoms. The van der Waals surface area contributed by atoms with Gasteiger partial charge in [-0.25, -0.2) is 4.98 Å². The molecule has 0 spiro atoms. The number of oxazole rings is 1. The van der Waals surface area contributed by atoms with Gasteiger partial charge in [-0.1, -0.05) is 48.5 Å². The van der Waals surface area contributed by atoms with Crippen LogP contribution in [0.4, 0.5) is 17.1 Å². The summed E-state index contributed by atoms with van der Waals surface area (Å²) in [6.45, 7) is 0. The van der Waals surface area contributed by atoms with Crippen molar-refractivity contribution in [1.29, 1.82) is 5.26 Å². The van der Waals surface area contributed by atoms with Crippen molar-refractivity contribution in [3.63, 3.8) is 0 Å². The van der Waals surface area contributed by atoms with E-state index in [1.807, 2.05) is 85.2 Å². The van der Waals surface area contributed by atoms with Gasteiger partial charge >= 0.3 is 0 Å². The van der Waals surface area contributed by atoms with Crippen LogP contribution in [0, 0.1) is 11.3 Å². The van der Waals surface area contributed by atoms with E-state index in [2.05, 4.69) is 81.6 Å². The molecule has 0 aliphatic rings. The van der Waals surface area contributed by atoms with Crippen LogP contribution in [0.5, 0.6) is 0 Å². The zero-order valence-corrected chi connectivity index (χ0v) is 22.6. The van der Waals surface area contributed by atoms with Gasteiger partial charge in [0, 0.05) is 35.0 Å². The molecule has 0 aliphatic heterocycles. The van der Waals surface area contributed by atoms with Crippen molar-refractivity contribution in [3.8, 4) is 39.8 Å². The molecule has 7 aromatic rings. The standard InChI is InChI=1S/C37H24N4O/c38-25-26-5-7-27(8-6-26)28-9-15-32(16-10-28)41(33-17-11-29(12-18-33)30-21-23-39-24-22-30)34-19-13-31(14-20-34)37-40-35-3-1-2-4-36(35)42-37/h1-24H. The molecule has 5 aromatic carbocycles. The van der Waals surface area contributed by atoms with Crippen LogP contribution in [-0.2, 0) is 0 Å². The van der Waals surface area contributed by atoms with Crippen LogP contribution in [0.2, 0.25) is 0 Å². The van der Waals surface area contributed by atoms with Gasteiger partial charge in [0.2, 0.25) is 5.89 Å². The highest BCUT2D eigenvalue weighted by Crippen LogP contribution is 2.37. The van der Waals surface area contributed by atoms with Crippen molar-refractivity contribution in [2.24, 2.45) is 0 Å². The first kappa shape index (κ1) is 25.0. The van der Waals surface area contributed by atoms with E-state index in [4.69, 9.17) is 9.68 Å². The topological polar surface area (TPSA) is 66.0 Å². The maximum absolute atomic E-state index is 9.14. The van der Waals surface area contributed by atoms with E-state index in [0.717, 1.165) is 56.0 Å². The second kappa shape index (κ2) is 10.9. The SMILES string of the molecule is N#Cc1ccc(-c2ccc(N(c3ccc(-c4ccncc4)cc3)c3ccc(-c4nc5ccccc5o4)cc3)cc2)cc1. The van der Waals surface area contributed by atoms with Gasteiger partial charge in [-0.05, 0) is 107 Å². The molecule has 0 amide bonds. The molecule has 2 aromatic heterocycles. The maximum Gasteiger partial charge on any atom is 0.227 e. The fourth-order valence-corrected chi connectivity index (χ4v) is 5.08. The molecule has 0 fully saturated rings. The molecule has 0 radical (unpaired) electrons. The van der Waals surface area contributed by atoms with Gasteiger partial charge in [0.05, 0.1) is 11.6 Å². The van der Waals surface area contributed by atoms with Crippen molar-refractivity contribution in [2.45, 2.75) is 0 Å². The number of nitriles is 1. The highest BCUT2D eigenvalue weighted by Gasteiger charge is 2.15. The Morgan fingerprint density at radius 3 is 1.52 bits per heavy atom. The van der Waals surface area contributed by atoms with Gasteiger partial charge in [0.1, 0.15) is 5.52 Å². The van der Waals surface area contributed by atoms with E-state index in [1.54, 1.807) is 0 Å². The Hall–Kier alpha value is -5.99. The zero-order chi connectivity index (χ0) is 28.3. The summed E-state index contributed by atoms with van der Waals surface area (Å²) >= 11 is 0. The van der Waals surface area contributed by atoms with Gasteiger partial charge in [-0.15, -0.1) is 0 Å². The molecule has 7 rings (SSSR count). The fourth-order valence-electron chi connectivity index (χ4n) is 5.08. The second-order valence-electron chi connectivity index (χ2n) is 9.89. The molecular weight excluding hydrogens is 516 g/mol. The van der Waals surface area contributed by atoms with Gasteiger partial charge < -0.3 is 9.32 Å². The van der Waals surface area contributed by atoms with Crippen LogP contribution in [0.15, 0.2) is 150 Å². The van der Waals surface area contributed by atoms with Crippen LogP contribution < -0.4 is 4.90 Å². The fraction of sp³-hybridized carbons (Fsp3) is 0. The number of para-hydroxylation sites is 2. The van der Waals surface area contributed by atoms with Crippen molar-refractivity contribution >= 4 is 28.2 Å². The Morgan fingerprint density at radius 2 is 1.00 bits per heavy atom. The lowest BCUT2D eigenvalue weighted by Crippen LogP contribution is -2.09. The predicted molar refractivity (Wildman–Crippen MR) is 168 cm³/mol. The van der Waals surface area contributed by atoms with Crippen molar-refractivity contribution in [3.05, 3.63) is 151 Å². The number of fused-ring (bicyclic) bond motifs is 1. The number of aromatic nitrogens is 2. The Kier molecular flexibility index (Phi) is 6.48. The number of hydrogen-bond donors (Lipinski definition) is 0. The van der Waals surface area contributed by atoms with Crippen LogP contribution in [0.1, 0.15) is 5.56 Å². The highest BCUT2D eigenvalue weighted by atomic mass is 16.3. The first-order chi connectivity index (χ1) is 20.7. The van der Waals surface area contributed by atoms with E-state index >= 15 is 0 Å². The molecule has 198 valence electrons. The lowest BCUT2D eigenvalue weighted by molar-refractivity contribution is 0.620. The van der Waals surface area contributed by atoms with Crippen LogP contribution >= 0.6 is 0 Å². The van der Waals surface area contributed by atoms with Crippen molar-refractivity contribution in [1.82, 2.24) is 9.97 Å². The summed E-state index contributed by atoms with van der Waals surface area (Å²) in [5.74, 6) is 0.600. The predicted octanol–water partition coefficient (Wildman–Crippen LogP) is 9.57. The first-order valence-corrected chi connectivity index (χ1v) is 13.6. The Bertz CT molecular complexity index is 1970. The Balaban J connectivity index is 1.25. The minimum atomic E-state index is 0.600. The quantitative estimate of drug-likeness (QED) is 0.210. The molecule has 0 saturated carbocycles. The summed E-state index contributed by atoms with van der Waals surface area (Å²) in [6.07, 6.45) is 3.62. The highest BCUT2D eigenvalue weighted by molar-refractivity contribution is 5.81. The summed E-state index contributed by atoms with van der Waals surface area (Å²) < 4.78 is 6.00. The van der Waals surface area contributed by atoms with E-state index < -0.39 is 0 Å². The third-order valence-corrected chi connectivity index (χ3v) is 7.28. The third-order valence-electron chi connectivity index (χ3n) is 7.28. The third kappa shape index (κ3) is 4.90. The summed E-state index contributed by atoms with van der Waals surface area (Å²) in [7, 11) is 0. The van der Waals surface area contributed by atoms with Crippen molar-refractivity contribution < 1.29 is 4.42 Å². The normalized spacial score (nSPS) is 10.8. The minimum absolute atomic E-state index is 0.600. The number of rotatable bonds is 6. The first-order valence-electron chi connectivity index (χ1n) is 13.6. The zero-order valence-electron chi connectivity index (χ0n) is 22.6. The molecule has 5 heteroatoms. The van der Waals surface area contributed by atoms with Gasteiger partial charge in [0.15, 0.2) is 5.58 Å². The number of anilines is 3. The Morgan fingerprint density at radius 1 is 0.524 bits per heavy atom. The maximum atomic E-state index is 9.14. The lowest BCUT2D eigenvalue weighted by Gasteiger charge is -2.26. The molecule has 0 aliphatic carbocycles. The number of pyridine rings is 1. The van der Waals surface area contributed by atoms with Gasteiger partial charge in [-0.2, -0.15) is 5.26 Å². The van der Waals surface area contributed by atoms with Gasteiger partial charge in [0.25, 0.3) is 0 Å². The van der Waals surface area contributed by atoms with E-state index in [9.17, 15) is 0 Å². The van der Waals surface area contributed by atoms with Crippen LogP contribution in [0.25, 0.3) is 44.8 Å². The van der Waals surface area contributed by atoms with E-state index in [-0.39, 0.29) is 0 Å². The molecule has 0 N–H and O–H groups in total. The largest absolute Gasteiger partial charge is 0.436 e. The molecule has 5 nitrogen and oxygen atoms in total. The monoisotopic (exact) mass is 540 g/mol. The summed E-state index contributed by atoms with van der Waals surface area (Å²) in [4.78, 5) is 11.0. The summed E-state index contributed by atoms with van der Waals surface area (Å²) in [5, 5.41) is 9.14. The molecule has 0 atom stereocenters. The molecule has 0 bridgehead atoms. The summed E-state index contributed by atoms with van der Waals surface area (Å²) in [6, 6.07) is 46.9. The minimum Gasteiger partial charge on any atom is -0.436 e. The lowest BCUT2D eigenvalue weighted by atomic mass is 10.0. The van der Waals surface area contributed by atoms with Crippen LogP contribution in [-0.4, -0.2) is 9.97 Å². The number of benzene rings is 5. The van der Waals surface area contributed by atoms with Crippen molar-refractivity contribution in [2.75, 3.05) is 4.90 Å². The Labute approximate surface area is 243 Å². The second-order valence-corrected chi connectivity index (χ2v) is 9.89. The van der Waals surface area contributed by atoms with Gasteiger partial charge in [-0.3, -0.25) is 4.98 Å².